The van der Waals surface area contributed by atoms with Crippen molar-refractivity contribution in [3.8, 4) is 0 Å². The smallest absolute Gasteiger partial charge is 0.254 e. The second-order valence-electron chi connectivity index (χ2n) is 7.72. The molecule has 2 rings (SSSR count). The van der Waals surface area contributed by atoms with Crippen LogP contribution < -0.4 is 0 Å². The molecule has 0 bridgehead atoms. The largest absolute Gasteiger partial charge is 0.353 e. The molecular weight excluding hydrogens is 350 g/mol. The highest BCUT2D eigenvalue weighted by Gasteiger charge is 2.23. The normalized spacial score (nSPS) is 10.9. The van der Waals surface area contributed by atoms with Gasteiger partial charge in [-0.05, 0) is 36.6 Å². The van der Waals surface area contributed by atoms with Gasteiger partial charge in [-0.1, -0.05) is 45.4 Å². The van der Waals surface area contributed by atoms with Crippen LogP contribution in [0.25, 0.3) is 0 Å². The Morgan fingerprint density at radius 3 is 2.32 bits per heavy atom. The first kappa shape index (κ1) is 21.7. The van der Waals surface area contributed by atoms with E-state index in [4.69, 9.17) is 0 Å². The van der Waals surface area contributed by atoms with E-state index in [-0.39, 0.29) is 18.4 Å². The van der Waals surface area contributed by atoms with Crippen LogP contribution >= 0.6 is 0 Å². The van der Waals surface area contributed by atoms with Crippen molar-refractivity contribution >= 4 is 11.8 Å². The summed E-state index contributed by atoms with van der Waals surface area (Å²) >= 11 is 0. The number of amides is 2. The molecular formula is C23H33N3O2. The lowest BCUT2D eigenvalue weighted by Gasteiger charge is -2.29. The molecule has 0 N–H and O–H groups in total. The number of rotatable bonds is 10. The minimum atomic E-state index is -0.0780. The van der Waals surface area contributed by atoms with Gasteiger partial charge in [0.25, 0.3) is 5.91 Å². The van der Waals surface area contributed by atoms with Crippen LogP contribution in [0, 0.1) is 5.92 Å². The molecule has 28 heavy (non-hydrogen) atoms. The third-order valence-corrected chi connectivity index (χ3v) is 4.76. The molecule has 2 aromatic rings. The molecule has 1 aromatic heterocycles. The van der Waals surface area contributed by atoms with Crippen LogP contribution in [0.3, 0.4) is 0 Å². The average Bonchev–Trinajstić information content (AvgIpc) is 3.08. The molecule has 5 nitrogen and oxygen atoms in total. The molecule has 1 aromatic carbocycles. The lowest BCUT2D eigenvalue weighted by Crippen LogP contribution is -2.44. The molecule has 5 heteroatoms. The van der Waals surface area contributed by atoms with E-state index in [1.54, 1.807) is 4.90 Å². The Kier molecular flexibility index (Phi) is 8.30. The Morgan fingerprint density at radius 2 is 1.75 bits per heavy atom. The Morgan fingerprint density at radius 1 is 1.04 bits per heavy atom. The first-order valence-corrected chi connectivity index (χ1v) is 10.1. The third-order valence-electron chi connectivity index (χ3n) is 4.76. The monoisotopic (exact) mass is 383 g/mol. The number of carbonyl (C=O) groups is 2. The summed E-state index contributed by atoms with van der Waals surface area (Å²) < 4.78 is 2.03. The van der Waals surface area contributed by atoms with Crippen molar-refractivity contribution in [1.29, 1.82) is 0 Å². The highest BCUT2D eigenvalue weighted by molar-refractivity contribution is 5.96. The number of nitrogens with zero attached hydrogens (tertiary/aromatic N) is 3. The number of benzene rings is 1. The van der Waals surface area contributed by atoms with Gasteiger partial charge < -0.3 is 14.4 Å². The van der Waals surface area contributed by atoms with Crippen LogP contribution in [0.4, 0.5) is 0 Å². The minimum Gasteiger partial charge on any atom is -0.353 e. The van der Waals surface area contributed by atoms with Gasteiger partial charge in [-0.3, -0.25) is 9.59 Å². The van der Waals surface area contributed by atoms with Gasteiger partial charge in [0.15, 0.2) is 0 Å². The van der Waals surface area contributed by atoms with Gasteiger partial charge in [-0.15, -0.1) is 0 Å². The zero-order valence-electron chi connectivity index (χ0n) is 17.6. The van der Waals surface area contributed by atoms with Gasteiger partial charge in [0.1, 0.15) is 6.54 Å². The molecule has 0 aliphatic carbocycles. The van der Waals surface area contributed by atoms with E-state index in [2.05, 4.69) is 20.8 Å². The maximum Gasteiger partial charge on any atom is 0.254 e. The van der Waals surface area contributed by atoms with Gasteiger partial charge in [-0.2, -0.15) is 0 Å². The Hall–Kier alpha value is -2.56. The summed E-state index contributed by atoms with van der Waals surface area (Å²) in [5.41, 5.74) is 1.72. The molecule has 0 atom stereocenters. The molecule has 152 valence electrons. The standard InChI is InChI=1S/C23H33N3O2/c1-5-6-15-25(23(28)20-11-8-7-9-12-20)18-22(27)26(16-19(2)3)17-21-13-10-14-24(21)4/h7-14,19H,5-6,15-18H2,1-4H3. The molecule has 0 fully saturated rings. The first-order chi connectivity index (χ1) is 13.4. The average molecular weight is 384 g/mol. The van der Waals surface area contributed by atoms with Crippen LogP contribution in [-0.4, -0.2) is 45.8 Å². The fourth-order valence-electron chi connectivity index (χ4n) is 3.18. The van der Waals surface area contributed by atoms with E-state index in [9.17, 15) is 9.59 Å². The molecule has 0 saturated carbocycles. The molecule has 2 amide bonds. The molecule has 1 heterocycles. The lowest BCUT2D eigenvalue weighted by atomic mass is 10.1. The topological polar surface area (TPSA) is 45.6 Å². The highest BCUT2D eigenvalue weighted by Crippen LogP contribution is 2.11. The second-order valence-corrected chi connectivity index (χ2v) is 7.72. The highest BCUT2D eigenvalue weighted by atomic mass is 16.2. The maximum atomic E-state index is 13.1. The first-order valence-electron chi connectivity index (χ1n) is 10.1. The minimum absolute atomic E-state index is 0.00437. The van der Waals surface area contributed by atoms with Crippen LogP contribution in [0.15, 0.2) is 48.7 Å². The quantitative estimate of drug-likeness (QED) is 0.624. The van der Waals surface area contributed by atoms with Crippen LogP contribution in [-0.2, 0) is 18.4 Å². The summed E-state index contributed by atoms with van der Waals surface area (Å²) in [6, 6.07) is 13.2. The number of hydrogen-bond donors (Lipinski definition) is 0. The van der Waals surface area contributed by atoms with Gasteiger partial charge in [0.05, 0.1) is 6.54 Å². The van der Waals surface area contributed by atoms with Crippen LogP contribution in [0.5, 0.6) is 0 Å². The zero-order chi connectivity index (χ0) is 20.5. The molecule has 0 radical (unpaired) electrons. The summed E-state index contributed by atoms with van der Waals surface area (Å²) in [6.45, 7) is 8.24. The van der Waals surface area contributed by atoms with E-state index in [0.717, 1.165) is 18.5 Å². The summed E-state index contributed by atoms with van der Waals surface area (Å²) in [5.74, 6) is 0.277. The van der Waals surface area contributed by atoms with E-state index in [1.807, 2.05) is 65.2 Å². The van der Waals surface area contributed by atoms with Gasteiger partial charge in [0, 0.05) is 37.6 Å². The predicted octanol–water partition coefficient (Wildman–Crippen LogP) is 3.95. The summed E-state index contributed by atoms with van der Waals surface area (Å²) in [7, 11) is 1.99. The number of aromatic nitrogens is 1. The number of unbranched alkanes of at least 4 members (excludes halogenated alkanes) is 1. The molecule has 0 aliphatic heterocycles. The van der Waals surface area contributed by atoms with Crippen molar-refractivity contribution in [2.24, 2.45) is 13.0 Å². The van der Waals surface area contributed by atoms with Gasteiger partial charge in [-0.25, -0.2) is 0 Å². The SMILES string of the molecule is CCCCN(CC(=O)N(Cc1cccn1C)CC(C)C)C(=O)c1ccccc1. The lowest BCUT2D eigenvalue weighted by molar-refractivity contribution is -0.133. The number of carbonyl (C=O) groups excluding carboxylic acids is 2. The van der Waals surface area contributed by atoms with E-state index in [1.165, 1.54) is 0 Å². The van der Waals surface area contributed by atoms with Crippen molar-refractivity contribution in [3.05, 3.63) is 59.9 Å². The van der Waals surface area contributed by atoms with E-state index >= 15 is 0 Å². The summed E-state index contributed by atoms with van der Waals surface area (Å²) in [6.07, 6.45) is 3.85. The number of hydrogen-bond acceptors (Lipinski definition) is 2. The summed E-state index contributed by atoms with van der Waals surface area (Å²) in [5, 5.41) is 0. The Bertz CT molecular complexity index is 752. The third kappa shape index (κ3) is 6.25. The van der Waals surface area contributed by atoms with E-state index in [0.29, 0.717) is 31.1 Å². The molecule has 0 aliphatic rings. The van der Waals surface area contributed by atoms with Crippen molar-refractivity contribution in [3.63, 3.8) is 0 Å². The molecule has 0 spiro atoms. The Labute approximate surface area is 168 Å². The fourth-order valence-corrected chi connectivity index (χ4v) is 3.18. The fraction of sp³-hybridized carbons (Fsp3) is 0.478. The van der Waals surface area contributed by atoms with Crippen molar-refractivity contribution in [2.75, 3.05) is 19.6 Å². The van der Waals surface area contributed by atoms with E-state index < -0.39 is 0 Å². The Balaban J connectivity index is 2.15. The predicted molar refractivity (Wildman–Crippen MR) is 113 cm³/mol. The summed E-state index contributed by atoms with van der Waals surface area (Å²) in [4.78, 5) is 29.7. The molecule has 0 unspecified atom stereocenters. The molecule has 0 saturated heterocycles. The second kappa shape index (κ2) is 10.7. The van der Waals surface area contributed by atoms with Gasteiger partial charge in [0.2, 0.25) is 5.91 Å². The van der Waals surface area contributed by atoms with Crippen LogP contribution in [0.2, 0.25) is 0 Å². The van der Waals surface area contributed by atoms with Crippen molar-refractivity contribution < 1.29 is 9.59 Å². The number of aryl methyl sites for hydroxylation is 1. The maximum absolute atomic E-state index is 13.1. The van der Waals surface area contributed by atoms with Gasteiger partial charge >= 0.3 is 0 Å². The zero-order valence-corrected chi connectivity index (χ0v) is 17.6. The van der Waals surface area contributed by atoms with Crippen molar-refractivity contribution in [1.82, 2.24) is 14.4 Å². The van der Waals surface area contributed by atoms with Crippen LogP contribution in [0.1, 0.15) is 49.7 Å². The van der Waals surface area contributed by atoms with Crippen molar-refractivity contribution in [2.45, 2.75) is 40.2 Å².